The number of carbonyl (C=O) groups excluding carboxylic acids is 2. The van der Waals surface area contributed by atoms with Crippen LogP contribution in [0.4, 0.5) is 0 Å². The third-order valence-corrected chi connectivity index (χ3v) is 4.97. The summed E-state index contributed by atoms with van der Waals surface area (Å²) in [6.07, 6.45) is 3.80. The van der Waals surface area contributed by atoms with Crippen molar-refractivity contribution >= 4 is 17.8 Å². The fourth-order valence-corrected chi connectivity index (χ4v) is 3.33. The van der Waals surface area contributed by atoms with Crippen LogP contribution in [0.15, 0.2) is 0 Å². The van der Waals surface area contributed by atoms with Gasteiger partial charge >= 0.3 is 5.97 Å². The lowest BCUT2D eigenvalue weighted by Crippen LogP contribution is -2.54. The highest BCUT2D eigenvalue weighted by atomic mass is 16.4. The number of carboxylic acids is 1. The Hall–Kier alpha value is -1.63. The molecule has 2 saturated heterocycles. The van der Waals surface area contributed by atoms with Gasteiger partial charge in [-0.3, -0.25) is 9.59 Å². The predicted octanol–water partition coefficient (Wildman–Crippen LogP) is 0.345. The van der Waals surface area contributed by atoms with Gasteiger partial charge in [0.15, 0.2) is 0 Å². The molecule has 0 aromatic heterocycles. The average molecular weight is 325 g/mol. The van der Waals surface area contributed by atoms with Crippen LogP contribution >= 0.6 is 0 Å². The van der Waals surface area contributed by atoms with Gasteiger partial charge in [0.05, 0.1) is 6.04 Å². The molecule has 0 bridgehead atoms. The van der Waals surface area contributed by atoms with Gasteiger partial charge in [0.25, 0.3) is 0 Å². The number of carbonyl (C=O) groups is 3. The Labute approximate surface area is 136 Å². The number of hydrogen-bond donors (Lipinski definition) is 3. The summed E-state index contributed by atoms with van der Waals surface area (Å²) in [5, 5.41) is 15.1. The molecule has 4 atom stereocenters. The lowest BCUT2D eigenvalue weighted by Gasteiger charge is -2.28. The largest absolute Gasteiger partial charge is 0.480 e. The van der Waals surface area contributed by atoms with Crippen molar-refractivity contribution in [3.05, 3.63) is 0 Å². The van der Waals surface area contributed by atoms with E-state index >= 15 is 0 Å². The van der Waals surface area contributed by atoms with E-state index in [1.54, 1.807) is 11.8 Å². The quantitative estimate of drug-likeness (QED) is 0.654. The van der Waals surface area contributed by atoms with E-state index in [9.17, 15) is 19.5 Å². The van der Waals surface area contributed by atoms with Crippen LogP contribution in [0.3, 0.4) is 0 Å². The average Bonchev–Trinajstić information content (AvgIpc) is 3.21. The Morgan fingerprint density at radius 3 is 2.61 bits per heavy atom. The van der Waals surface area contributed by atoms with E-state index in [0.29, 0.717) is 19.4 Å². The summed E-state index contributed by atoms with van der Waals surface area (Å²) in [6, 6.07) is -1.65. The van der Waals surface area contributed by atoms with Gasteiger partial charge in [-0.05, 0) is 38.1 Å². The zero-order valence-corrected chi connectivity index (χ0v) is 13.9. The summed E-state index contributed by atoms with van der Waals surface area (Å²) in [7, 11) is 0. The molecule has 2 fully saturated rings. The van der Waals surface area contributed by atoms with Crippen molar-refractivity contribution < 1.29 is 19.5 Å². The second-order valence-electron chi connectivity index (χ2n) is 6.55. The third kappa shape index (κ3) is 4.02. The van der Waals surface area contributed by atoms with Crippen LogP contribution < -0.4 is 10.6 Å². The summed E-state index contributed by atoms with van der Waals surface area (Å²) in [5.41, 5.74) is 0. The van der Waals surface area contributed by atoms with Crippen LogP contribution in [0.5, 0.6) is 0 Å². The van der Waals surface area contributed by atoms with E-state index in [0.717, 1.165) is 25.8 Å². The first-order valence-electron chi connectivity index (χ1n) is 8.52. The maximum Gasteiger partial charge on any atom is 0.326 e. The minimum atomic E-state index is -1.03. The monoisotopic (exact) mass is 325 g/mol. The molecule has 7 nitrogen and oxygen atoms in total. The van der Waals surface area contributed by atoms with E-state index in [-0.39, 0.29) is 23.8 Å². The van der Waals surface area contributed by atoms with Crippen LogP contribution in [0, 0.1) is 5.92 Å². The highest BCUT2D eigenvalue weighted by Gasteiger charge is 2.39. The van der Waals surface area contributed by atoms with Gasteiger partial charge < -0.3 is 20.6 Å². The van der Waals surface area contributed by atoms with Gasteiger partial charge in [-0.1, -0.05) is 20.3 Å². The minimum Gasteiger partial charge on any atom is -0.480 e. The minimum absolute atomic E-state index is 0.0319. The highest BCUT2D eigenvalue weighted by molar-refractivity contribution is 5.92. The van der Waals surface area contributed by atoms with E-state index in [2.05, 4.69) is 10.6 Å². The van der Waals surface area contributed by atoms with Crippen LogP contribution in [0.1, 0.15) is 46.0 Å². The topological polar surface area (TPSA) is 98.7 Å². The molecule has 0 spiro atoms. The number of nitrogens with one attached hydrogen (secondary N) is 2. The van der Waals surface area contributed by atoms with Crippen LogP contribution in [-0.2, 0) is 14.4 Å². The lowest BCUT2D eigenvalue weighted by atomic mass is 9.98. The van der Waals surface area contributed by atoms with Crippen molar-refractivity contribution in [1.29, 1.82) is 0 Å². The lowest BCUT2D eigenvalue weighted by molar-refractivity contribution is -0.145. The van der Waals surface area contributed by atoms with Crippen molar-refractivity contribution in [1.82, 2.24) is 15.5 Å². The normalized spacial score (nSPS) is 26.8. The van der Waals surface area contributed by atoms with E-state index in [4.69, 9.17) is 0 Å². The van der Waals surface area contributed by atoms with Crippen molar-refractivity contribution in [2.75, 3.05) is 13.1 Å². The van der Waals surface area contributed by atoms with Gasteiger partial charge in [-0.2, -0.15) is 0 Å². The third-order valence-electron chi connectivity index (χ3n) is 4.97. The number of amides is 2. The van der Waals surface area contributed by atoms with E-state index in [1.807, 2.05) is 6.92 Å². The number of rotatable bonds is 6. The maximum atomic E-state index is 12.5. The van der Waals surface area contributed by atoms with E-state index in [1.165, 1.54) is 0 Å². The Morgan fingerprint density at radius 1 is 1.30 bits per heavy atom. The summed E-state index contributed by atoms with van der Waals surface area (Å²) < 4.78 is 0. The number of hydrogen-bond acceptors (Lipinski definition) is 4. The summed E-state index contributed by atoms with van der Waals surface area (Å²) in [5.74, 6) is -1.56. The molecule has 23 heavy (non-hydrogen) atoms. The second-order valence-corrected chi connectivity index (χ2v) is 6.55. The molecule has 7 heteroatoms. The van der Waals surface area contributed by atoms with Crippen LogP contribution in [0.25, 0.3) is 0 Å². The molecule has 0 aliphatic carbocycles. The molecule has 0 aromatic carbocycles. The number of nitrogens with zero attached hydrogens (tertiary/aromatic N) is 1. The SMILES string of the molecule is CC[C@H](C)[C@H](NC(=O)[C@@H]1CCCN1C(=O)[C@@H]1CCCN1)C(=O)O. The maximum absolute atomic E-state index is 12.5. The fraction of sp³-hybridized carbons (Fsp3) is 0.812. The number of aliphatic carboxylic acids is 1. The first kappa shape index (κ1) is 17.7. The van der Waals surface area contributed by atoms with Gasteiger partial charge in [0.1, 0.15) is 12.1 Å². The number of likely N-dealkylation sites (tertiary alicyclic amines) is 1. The first-order valence-corrected chi connectivity index (χ1v) is 8.52. The van der Waals surface area contributed by atoms with Crippen molar-refractivity contribution in [3.8, 4) is 0 Å². The molecule has 2 aliphatic rings. The molecule has 3 N–H and O–H groups in total. The molecule has 0 saturated carbocycles. The van der Waals surface area contributed by atoms with Crippen LogP contribution in [0.2, 0.25) is 0 Å². The van der Waals surface area contributed by atoms with Gasteiger partial charge in [0.2, 0.25) is 11.8 Å². The molecule has 2 rings (SSSR count). The molecule has 2 amide bonds. The van der Waals surface area contributed by atoms with Gasteiger partial charge in [0, 0.05) is 6.54 Å². The summed E-state index contributed by atoms with van der Waals surface area (Å²) in [4.78, 5) is 38.0. The zero-order valence-electron chi connectivity index (χ0n) is 13.9. The molecule has 2 heterocycles. The van der Waals surface area contributed by atoms with Crippen molar-refractivity contribution in [3.63, 3.8) is 0 Å². The summed E-state index contributed by atoms with van der Waals surface area (Å²) >= 11 is 0. The Kier molecular flexibility index (Phi) is 5.98. The van der Waals surface area contributed by atoms with Crippen LogP contribution in [-0.4, -0.2) is 59.0 Å². The molecule has 0 aromatic rings. The number of carboxylic acid groups (broad SMARTS) is 1. The second kappa shape index (κ2) is 7.77. The van der Waals surface area contributed by atoms with E-state index < -0.39 is 18.1 Å². The summed E-state index contributed by atoms with van der Waals surface area (Å²) in [6.45, 7) is 5.09. The predicted molar refractivity (Wildman–Crippen MR) is 84.8 cm³/mol. The smallest absolute Gasteiger partial charge is 0.326 e. The zero-order chi connectivity index (χ0) is 17.0. The standard InChI is InChI=1S/C16H27N3O4/c1-3-10(2)13(16(22)23)18-14(20)12-7-5-9-19(12)15(21)11-6-4-8-17-11/h10-13,17H,3-9H2,1-2H3,(H,18,20)(H,22,23)/t10-,11-,12-,13-/m0/s1. The first-order chi connectivity index (χ1) is 11.0. The van der Waals surface area contributed by atoms with Crippen molar-refractivity contribution in [2.24, 2.45) is 5.92 Å². The molecular weight excluding hydrogens is 298 g/mol. The highest BCUT2D eigenvalue weighted by Crippen LogP contribution is 2.21. The Balaban J connectivity index is 2.02. The Morgan fingerprint density at radius 2 is 2.04 bits per heavy atom. The van der Waals surface area contributed by atoms with Crippen molar-refractivity contribution in [2.45, 2.75) is 64.1 Å². The van der Waals surface area contributed by atoms with Gasteiger partial charge in [-0.25, -0.2) is 4.79 Å². The fourth-order valence-electron chi connectivity index (χ4n) is 3.33. The molecular formula is C16H27N3O4. The molecule has 130 valence electrons. The molecule has 0 radical (unpaired) electrons. The molecule has 0 unspecified atom stereocenters. The Bertz CT molecular complexity index is 462. The van der Waals surface area contributed by atoms with Gasteiger partial charge in [-0.15, -0.1) is 0 Å². The molecule has 2 aliphatic heterocycles.